The summed E-state index contributed by atoms with van der Waals surface area (Å²) < 4.78 is 5.02. The van der Waals surface area contributed by atoms with Gasteiger partial charge < -0.3 is 15.1 Å². The lowest BCUT2D eigenvalue weighted by molar-refractivity contribution is 0.563. The second kappa shape index (κ2) is 4.76. The van der Waals surface area contributed by atoms with Crippen molar-refractivity contribution in [3.63, 3.8) is 0 Å². The van der Waals surface area contributed by atoms with E-state index in [1.54, 1.807) is 24.9 Å². The van der Waals surface area contributed by atoms with E-state index < -0.39 is 0 Å². The smallest absolute Gasteiger partial charge is 0.151 e. The highest BCUT2D eigenvalue weighted by Crippen LogP contribution is 2.15. The van der Waals surface area contributed by atoms with Gasteiger partial charge in [0.2, 0.25) is 0 Å². The third-order valence-electron chi connectivity index (χ3n) is 2.31. The average molecular weight is 218 g/mol. The van der Waals surface area contributed by atoms with Crippen molar-refractivity contribution in [1.29, 1.82) is 0 Å². The van der Waals surface area contributed by atoms with Crippen LogP contribution in [0.5, 0.6) is 0 Å². The molecule has 2 rings (SSSR count). The fourth-order valence-corrected chi connectivity index (χ4v) is 1.55. The third-order valence-corrected chi connectivity index (χ3v) is 2.31. The van der Waals surface area contributed by atoms with Crippen molar-refractivity contribution >= 4 is 5.82 Å². The van der Waals surface area contributed by atoms with Crippen LogP contribution in [0.25, 0.3) is 0 Å². The van der Waals surface area contributed by atoms with Crippen LogP contribution in [0.3, 0.4) is 0 Å². The number of anilines is 1. The van der Waals surface area contributed by atoms with Crippen molar-refractivity contribution < 1.29 is 4.42 Å². The lowest BCUT2D eigenvalue weighted by Gasteiger charge is -2.18. The molecule has 2 aromatic heterocycles. The number of rotatable bonds is 4. The molecule has 0 bridgehead atoms. The number of hydrogen-bond donors (Lipinski definition) is 1. The quantitative estimate of drug-likeness (QED) is 0.834. The van der Waals surface area contributed by atoms with Crippen LogP contribution in [0.4, 0.5) is 5.82 Å². The summed E-state index contributed by atoms with van der Waals surface area (Å²) in [6.07, 6.45) is 6.69. The highest BCUT2D eigenvalue weighted by Gasteiger charge is 2.09. The summed E-state index contributed by atoms with van der Waals surface area (Å²) >= 11 is 0. The van der Waals surface area contributed by atoms with Gasteiger partial charge in [0.05, 0.1) is 18.2 Å². The standard InChI is InChI=1S/C11H14N4O/c1-15(7-9-2-5-16-8-9)11-10(6-12)13-3-4-14-11/h2-5,8H,6-7,12H2,1H3. The van der Waals surface area contributed by atoms with E-state index in [2.05, 4.69) is 9.97 Å². The lowest BCUT2D eigenvalue weighted by atomic mass is 10.3. The SMILES string of the molecule is CN(Cc1ccoc1)c1nccnc1CN. The van der Waals surface area contributed by atoms with Crippen LogP contribution in [-0.2, 0) is 13.1 Å². The van der Waals surface area contributed by atoms with Gasteiger partial charge in [0.15, 0.2) is 5.82 Å². The molecule has 0 amide bonds. The topological polar surface area (TPSA) is 68.2 Å². The Bertz CT molecular complexity index is 441. The molecule has 0 spiro atoms. The first-order chi connectivity index (χ1) is 7.81. The maximum Gasteiger partial charge on any atom is 0.151 e. The summed E-state index contributed by atoms with van der Waals surface area (Å²) in [5.74, 6) is 0.811. The zero-order valence-corrected chi connectivity index (χ0v) is 9.13. The molecule has 16 heavy (non-hydrogen) atoms. The normalized spacial score (nSPS) is 10.4. The molecule has 0 atom stereocenters. The Kier molecular flexibility index (Phi) is 3.16. The first-order valence-electron chi connectivity index (χ1n) is 5.03. The molecular weight excluding hydrogens is 204 g/mol. The summed E-state index contributed by atoms with van der Waals surface area (Å²) in [7, 11) is 1.95. The molecule has 0 aliphatic heterocycles. The molecule has 0 saturated carbocycles. The highest BCUT2D eigenvalue weighted by molar-refractivity contribution is 5.42. The van der Waals surface area contributed by atoms with E-state index in [4.69, 9.17) is 10.2 Å². The van der Waals surface area contributed by atoms with Crippen molar-refractivity contribution in [2.24, 2.45) is 5.73 Å². The molecule has 0 radical (unpaired) electrons. The molecule has 0 saturated heterocycles. The molecule has 5 heteroatoms. The summed E-state index contributed by atoms with van der Waals surface area (Å²) in [5, 5.41) is 0. The lowest BCUT2D eigenvalue weighted by Crippen LogP contribution is -2.20. The Labute approximate surface area is 93.9 Å². The minimum Gasteiger partial charge on any atom is -0.472 e. The van der Waals surface area contributed by atoms with Gasteiger partial charge in [-0.25, -0.2) is 4.98 Å². The molecule has 2 heterocycles. The zero-order valence-electron chi connectivity index (χ0n) is 9.13. The van der Waals surface area contributed by atoms with Gasteiger partial charge in [-0.1, -0.05) is 0 Å². The van der Waals surface area contributed by atoms with Crippen LogP contribution in [0, 0.1) is 0 Å². The summed E-state index contributed by atoms with van der Waals surface area (Å²) in [6.45, 7) is 1.11. The number of hydrogen-bond acceptors (Lipinski definition) is 5. The van der Waals surface area contributed by atoms with Crippen LogP contribution >= 0.6 is 0 Å². The molecule has 2 aromatic rings. The van der Waals surface area contributed by atoms with E-state index in [1.165, 1.54) is 0 Å². The fourth-order valence-electron chi connectivity index (χ4n) is 1.55. The molecular formula is C11H14N4O. The largest absolute Gasteiger partial charge is 0.472 e. The van der Waals surface area contributed by atoms with Gasteiger partial charge in [0.25, 0.3) is 0 Å². The fraction of sp³-hybridized carbons (Fsp3) is 0.273. The van der Waals surface area contributed by atoms with E-state index in [9.17, 15) is 0 Å². The Hall–Kier alpha value is -1.88. The highest BCUT2D eigenvalue weighted by atomic mass is 16.3. The minimum absolute atomic E-state index is 0.388. The molecule has 2 N–H and O–H groups in total. The minimum atomic E-state index is 0.388. The van der Waals surface area contributed by atoms with Gasteiger partial charge in [0.1, 0.15) is 0 Å². The summed E-state index contributed by atoms with van der Waals surface area (Å²) in [5.41, 5.74) is 7.51. The van der Waals surface area contributed by atoms with Crippen molar-refractivity contribution in [3.05, 3.63) is 42.2 Å². The second-order valence-corrected chi connectivity index (χ2v) is 3.52. The van der Waals surface area contributed by atoms with E-state index in [-0.39, 0.29) is 0 Å². The van der Waals surface area contributed by atoms with Crippen LogP contribution in [-0.4, -0.2) is 17.0 Å². The van der Waals surface area contributed by atoms with Crippen molar-refractivity contribution in [2.75, 3.05) is 11.9 Å². The number of nitrogens with two attached hydrogens (primary N) is 1. The summed E-state index contributed by atoms with van der Waals surface area (Å²) in [6, 6.07) is 1.93. The Morgan fingerprint density at radius 2 is 2.19 bits per heavy atom. The molecule has 0 aromatic carbocycles. The average Bonchev–Trinajstić information content (AvgIpc) is 2.81. The van der Waals surface area contributed by atoms with Crippen LogP contribution in [0.1, 0.15) is 11.3 Å². The first kappa shape index (κ1) is 10.6. The number of nitrogens with zero attached hydrogens (tertiary/aromatic N) is 3. The maximum atomic E-state index is 5.61. The molecule has 0 aliphatic carbocycles. The second-order valence-electron chi connectivity index (χ2n) is 3.52. The van der Waals surface area contributed by atoms with Gasteiger partial charge >= 0.3 is 0 Å². The van der Waals surface area contributed by atoms with Gasteiger partial charge in [-0.15, -0.1) is 0 Å². The van der Waals surface area contributed by atoms with E-state index >= 15 is 0 Å². The summed E-state index contributed by atoms with van der Waals surface area (Å²) in [4.78, 5) is 10.5. The van der Waals surface area contributed by atoms with Crippen LogP contribution in [0.2, 0.25) is 0 Å². The van der Waals surface area contributed by atoms with Gasteiger partial charge in [-0.3, -0.25) is 4.98 Å². The molecule has 84 valence electrons. The Balaban J connectivity index is 2.17. The Morgan fingerprint density at radius 1 is 1.38 bits per heavy atom. The monoisotopic (exact) mass is 218 g/mol. The Morgan fingerprint density at radius 3 is 2.88 bits per heavy atom. The van der Waals surface area contributed by atoms with Crippen molar-refractivity contribution in [3.8, 4) is 0 Å². The predicted molar refractivity (Wildman–Crippen MR) is 60.7 cm³/mol. The van der Waals surface area contributed by atoms with Crippen LogP contribution in [0.15, 0.2) is 35.4 Å². The zero-order chi connectivity index (χ0) is 11.4. The van der Waals surface area contributed by atoms with Gasteiger partial charge in [-0.05, 0) is 6.07 Å². The number of aromatic nitrogens is 2. The van der Waals surface area contributed by atoms with Gasteiger partial charge in [0, 0.05) is 38.1 Å². The van der Waals surface area contributed by atoms with E-state index in [1.807, 2.05) is 18.0 Å². The molecule has 0 fully saturated rings. The van der Waals surface area contributed by atoms with Crippen molar-refractivity contribution in [1.82, 2.24) is 9.97 Å². The molecule has 0 aliphatic rings. The predicted octanol–water partition coefficient (Wildman–Crippen LogP) is 1.16. The molecule has 5 nitrogen and oxygen atoms in total. The first-order valence-corrected chi connectivity index (χ1v) is 5.03. The van der Waals surface area contributed by atoms with E-state index in [0.29, 0.717) is 6.54 Å². The van der Waals surface area contributed by atoms with Gasteiger partial charge in [-0.2, -0.15) is 0 Å². The maximum absolute atomic E-state index is 5.61. The van der Waals surface area contributed by atoms with Crippen LogP contribution < -0.4 is 10.6 Å². The molecule has 0 unspecified atom stereocenters. The van der Waals surface area contributed by atoms with Crippen molar-refractivity contribution in [2.45, 2.75) is 13.1 Å². The third kappa shape index (κ3) is 2.20. The van der Waals surface area contributed by atoms with E-state index in [0.717, 1.165) is 23.6 Å². The number of furan rings is 1.